The van der Waals surface area contributed by atoms with Gasteiger partial charge in [0.15, 0.2) is 0 Å². The van der Waals surface area contributed by atoms with Gasteiger partial charge in [-0.05, 0) is 31.0 Å². The van der Waals surface area contributed by atoms with Crippen molar-refractivity contribution in [2.75, 3.05) is 5.43 Å². The van der Waals surface area contributed by atoms with Crippen LogP contribution in [-0.2, 0) is 6.42 Å². The number of nitrogens with one attached hydrogen (secondary N) is 1. The summed E-state index contributed by atoms with van der Waals surface area (Å²) < 4.78 is 0. The molecule has 2 aromatic rings. The Morgan fingerprint density at radius 2 is 2.06 bits per heavy atom. The van der Waals surface area contributed by atoms with E-state index in [-0.39, 0.29) is 0 Å². The first-order valence-corrected chi connectivity index (χ1v) is 6.09. The Bertz CT molecular complexity index is 582. The molecule has 90 valence electrons. The molecule has 3 nitrogen and oxygen atoms in total. The summed E-state index contributed by atoms with van der Waals surface area (Å²) in [5.74, 6) is 5.57. The molecular formula is C12H13Cl2N3. The number of benzene rings is 1. The average molecular weight is 270 g/mol. The van der Waals surface area contributed by atoms with E-state index < -0.39 is 0 Å². The van der Waals surface area contributed by atoms with Crippen molar-refractivity contribution in [3.05, 3.63) is 33.4 Å². The third-order valence-electron chi connectivity index (χ3n) is 2.87. The minimum Gasteiger partial charge on any atom is -0.323 e. The summed E-state index contributed by atoms with van der Waals surface area (Å²) in [5.41, 5.74) is 6.27. The second-order valence-electron chi connectivity index (χ2n) is 3.81. The fourth-order valence-electron chi connectivity index (χ4n) is 1.95. The number of anilines is 1. The van der Waals surface area contributed by atoms with E-state index in [1.54, 1.807) is 6.07 Å². The topological polar surface area (TPSA) is 50.9 Å². The van der Waals surface area contributed by atoms with Gasteiger partial charge >= 0.3 is 0 Å². The van der Waals surface area contributed by atoms with Gasteiger partial charge in [0.2, 0.25) is 0 Å². The summed E-state index contributed by atoms with van der Waals surface area (Å²) in [7, 11) is 0. The third kappa shape index (κ3) is 1.95. The molecule has 0 saturated carbocycles. The van der Waals surface area contributed by atoms with Gasteiger partial charge in [0.25, 0.3) is 0 Å². The van der Waals surface area contributed by atoms with Crippen molar-refractivity contribution in [3.63, 3.8) is 0 Å². The number of hydrogen-bond donors (Lipinski definition) is 2. The van der Waals surface area contributed by atoms with Gasteiger partial charge < -0.3 is 5.43 Å². The van der Waals surface area contributed by atoms with Crippen molar-refractivity contribution in [2.24, 2.45) is 5.84 Å². The zero-order chi connectivity index (χ0) is 12.6. The van der Waals surface area contributed by atoms with Gasteiger partial charge in [-0.15, -0.1) is 0 Å². The van der Waals surface area contributed by atoms with Gasteiger partial charge in [0, 0.05) is 11.1 Å². The number of nitrogens with zero attached hydrogens (tertiary/aromatic N) is 1. The molecular weight excluding hydrogens is 257 g/mol. The molecule has 1 aromatic carbocycles. The lowest BCUT2D eigenvalue weighted by Gasteiger charge is -2.14. The van der Waals surface area contributed by atoms with Crippen molar-refractivity contribution in [1.82, 2.24) is 4.98 Å². The minimum atomic E-state index is 0.468. The van der Waals surface area contributed by atoms with Crippen LogP contribution in [0, 0.1) is 6.92 Å². The Morgan fingerprint density at radius 3 is 2.65 bits per heavy atom. The molecule has 0 aliphatic carbocycles. The highest BCUT2D eigenvalue weighted by atomic mass is 35.5. The molecule has 1 aromatic heterocycles. The lowest BCUT2D eigenvalue weighted by Crippen LogP contribution is -2.11. The Labute approximate surface area is 110 Å². The van der Waals surface area contributed by atoms with Gasteiger partial charge in [0.05, 0.1) is 21.2 Å². The first-order chi connectivity index (χ1) is 8.10. The third-order valence-corrected chi connectivity index (χ3v) is 3.67. The molecule has 0 atom stereocenters. The predicted octanol–water partition coefficient (Wildman–Crippen LogP) is 3.70. The molecule has 0 bridgehead atoms. The number of hydrogen-bond acceptors (Lipinski definition) is 3. The number of aromatic nitrogens is 1. The average Bonchev–Trinajstić information content (AvgIpc) is 2.33. The normalized spacial score (nSPS) is 10.9. The van der Waals surface area contributed by atoms with E-state index in [1.165, 1.54) is 0 Å². The van der Waals surface area contributed by atoms with Gasteiger partial charge in [-0.2, -0.15) is 0 Å². The van der Waals surface area contributed by atoms with Crippen LogP contribution >= 0.6 is 23.2 Å². The largest absolute Gasteiger partial charge is 0.323 e. The lowest BCUT2D eigenvalue weighted by atomic mass is 10.1. The molecule has 2 rings (SSSR count). The van der Waals surface area contributed by atoms with Gasteiger partial charge in [-0.1, -0.05) is 30.1 Å². The summed E-state index contributed by atoms with van der Waals surface area (Å²) in [6.07, 6.45) is 0.819. The highest BCUT2D eigenvalue weighted by Crippen LogP contribution is 2.35. The predicted molar refractivity (Wildman–Crippen MR) is 73.7 cm³/mol. The number of nitrogens with two attached hydrogens (primary N) is 1. The smallest absolute Gasteiger partial charge is 0.0928 e. The minimum absolute atomic E-state index is 0.468. The van der Waals surface area contributed by atoms with E-state index in [9.17, 15) is 0 Å². The van der Waals surface area contributed by atoms with Crippen LogP contribution in [0.4, 0.5) is 5.69 Å². The van der Waals surface area contributed by atoms with E-state index in [1.807, 2.05) is 19.9 Å². The summed E-state index contributed by atoms with van der Waals surface area (Å²) in [6, 6.07) is 3.62. The van der Waals surface area contributed by atoms with Crippen LogP contribution in [0.3, 0.4) is 0 Å². The van der Waals surface area contributed by atoms with E-state index in [4.69, 9.17) is 29.0 Å². The summed E-state index contributed by atoms with van der Waals surface area (Å²) >= 11 is 12.2. The highest BCUT2D eigenvalue weighted by Gasteiger charge is 2.13. The molecule has 0 amide bonds. The summed E-state index contributed by atoms with van der Waals surface area (Å²) in [5, 5.41) is 1.85. The Kier molecular flexibility index (Phi) is 3.43. The van der Waals surface area contributed by atoms with Crippen LogP contribution in [0.2, 0.25) is 10.0 Å². The van der Waals surface area contributed by atoms with Crippen LogP contribution in [0.25, 0.3) is 10.9 Å². The van der Waals surface area contributed by atoms with Crippen LogP contribution in [0.5, 0.6) is 0 Å². The molecule has 0 unspecified atom stereocenters. The second-order valence-corrected chi connectivity index (χ2v) is 4.60. The van der Waals surface area contributed by atoms with E-state index in [0.717, 1.165) is 28.8 Å². The van der Waals surface area contributed by atoms with Gasteiger partial charge in [0.1, 0.15) is 0 Å². The summed E-state index contributed by atoms with van der Waals surface area (Å²) in [6.45, 7) is 4.03. The monoisotopic (exact) mass is 269 g/mol. The van der Waals surface area contributed by atoms with Crippen molar-refractivity contribution in [1.29, 1.82) is 0 Å². The Hall–Kier alpha value is -1.03. The maximum atomic E-state index is 6.17. The van der Waals surface area contributed by atoms with Gasteiger partial charge in [-0.3, -0.25) is 10.8 Å². The van der Waals surface area contributed by atoms with Crippen molar-refractivity contribution in [2.45, 2.75) is 20.3 Å². The van der Waals surface area contributed by atoms with E-state index >= 15 is 0 Å². The molecule has 3 N–H and O–H groups in total. The Balaban J connectivity index is 2.92. The molecule has 0 spiro atoms. The second kappa shape index (κ2) is 4.69. The van der Waals surface area contributed by atoms with Crippen LogP contribution in [0.15, 0.2) is 12.1 Å². The van der Waals surface area contributed by atoms with E-state index in [0.29, 0.717) is 15.6 Å². The SMILES string of the molecule is CCc1nc2c(Cl)c(Cl)ccc2c(NN)c1C. The number of nitrogen functional groups attached to an aromatic ring is 1. The van der Waals surface area contributed by atoms with Gasteiger partial charge in [-0.25, -0.2) is 0 Å². The van der Waals surface area contributed by atoms with Crippen LogP contribution in [0.1, 0.15) is 18.2 Å². The van der Waals surface area contributed by atoms with Crippen molar-refractivity contribution >= 4 is 39.8 Å². The molecule has 0 saturated heterocycles. The highest BCUT2D eigenvalue weighted by molar-refractivity contribution is 6.45. The number of rotatable bonds is 2. The Morgan fingerprint density at radius 1 is 1.35 bits per heavy atom. The fourth-order valence-corrected chi connectivity index (χ4v) is 2.31. The molecule has 1 heterocycles. The fraction of sp³-hybridized carbons (Fsp3) is 0.250. The maximum Gasteiger partial charge on any atom is 0.0928 e. The number of aryl methyl sites for hydroxylation is 1. The zero-order valence-electron chi connectivity index (χ0n) is 9.64. The number of fused-ring (bicyclic) bond motifs is 1. The summed E-state index contributed by atoms with van der Waals surface area (Å²) in [4.78, 5) is 4.55. The number of hydrazine groups is 1. The lowest BCUT2D eigenvalue weighted by molar-refractivity contribution is 1.03. The molecule has 0 aliphatic heterocycles. The molecule has 5 heteroatoms. The molecule has 0 aliphatic rings. The molecule has 0 radical (unpaired) electrons. The number of halogens is 2. The first kappa shape index (κ1) is 12.4. The van der Waals surface area contributed by atoms with Crippen LogP contribution < -0.4 is 11.3 Å². The quantitative estimate of drug-likeness (QED) is 0.646. The zero-order valence-corrected chi connectivity index (χ0v) is 11.2. The maximum absolute atomic E-state index is 6.17. The first-order valence-electron chi connectivity index (χ1n) is 5.34. The molecule has 0 fully saturated rings. The van der Waals surface area contributed by atoms with E-state index in [2.05, 4.69) is 10.4 Å². The van der Waals surface area contributed by atoms with Crippen LogP contribution in [-0.4, -0.2) is 4.98 Å². The van der Waals surface area contributed by atoms with Crippen molar-refractivity contribution in [3.8, 4) is 0 Å². The standard InChI is InChI=1S/C12H13Cl2N3/c1-3-9-6(2)11(17-15)7-4-5-8(13)10(14)12(7)16-9/h4-5H,3,15H2,1-2H3,(H,16,17). The molecule has 17 heavy (non-hydrogen) atoms. The van der Waals surface area contributed by atoms with Crippen molar-refractivity contribution < 1.29 is 0 Å². The number of pyridine rings is 1.